The van der Waals surface area contributed by atoms with Crippen LogP contribution in [0, 0.1) is 0 Å². The van der Waals surface area contributed by atoms with Gasteiger partial charge in [-0.1, -0.05) is 11.2 Å². The molecule has 0 unspecified atom stereocenters. The Morgan fingerprint density at radius 2 is 2.78 bits per heavy atom. The molecule has 0 amide bonds. The van der Waals surface area contributed by atoms with Gasteiger partial charge in [0, 0.05) is 17.5 Å². The van der Waals surface area contributed by atoms with Crippen molar-refractivity contribution >= 4 is 0 Å². The van der Waals surface area contributed by atoms with Crippen LogP contribution in [0.2, 0.25) is 0 Å². The van der Waals surface area contributed by atoms with E-state index in [-0.39, 0.29) is 0 Å². The van der Waals surface area contributed by atoms with E-state index < -0.39 is 0 Å². The number of hydrogen-bond acceptors (Lipinski definition) is 2. The molecule has 0 spiro atoms. The molecule has 0 aromatic rings. The highest BCUT2D eigenvalue weighted by Crippen LogP contribution is 2.00. The first-order valence-corrected chi connectivity index (χ1v) is 2.85. The summed E-state index contributed by atoms with van der Waals surface area (Å²) in [7, 11) is 0. The van der Waals surface area contributed by atoms with E-state index in [1.54, 1.807) is 0 Å². The number of rotatable bonds is 2. The summed E-state index contributed by atoms with van der Waals surface area (Å²) in [6.45, 7) is 0.545. The zero-order chi connectivity index (χ0) is 6.53. The van der Waals surface area contributed by atoms with E-state index in [0.29, 0.717) is 12.6 Å². The van der Waals surface area contributed by atoms with Crippen LogP contribution in [-0.4, -0.2) is 12.6 Å². The molecule has 0 saturated heterocycles. The Morgan fingerprint density at radius 1 is 1.89 bits per heavy atom. The first-order chi connectivity index (χ1) is 4.43. The summed E-state index contributed by atoms with van der Waals surface area (Å²) in [6.07, 6.45) is 4.88. The topological polar surface area (TPSA) is 60.8 Å². The van der Waals surface area contributed by atoms with Gasteiger partial charge in [-0.2, -0.15) is 0 Å². The zero-order valence-electron chi connectivity index (χ0n) is 4.99. The van der Waals surface area contributed by atoms with Crippen LogP contribution in [0.25, 0.3) is 10.4 Å². The Morgan fingerprint density at radius 3 is 3.33 bits per heavy atom. The summed E-state index contributed by atoms with van der Waals surface area (Å²) in [5, 5.41) is 6.48. The third kappa shape index (κ3) is 1.66. The van der Waals surface area contributed by atoms with Gasteiger partial charge in [0.2, 0.25) is 0 Å². The van der Waals surface area contributed by atoms with Crippen LogP contribution in [0.5, 0.6) is 0 Å². The maximum absolute atomic E-state index is 7.94. The van der Waals surface area contributed by atoms with Crippen molar-refractivity contribution in [1.29, 1.82) is 0 Å². The molecule has 1 aliphatic rings. The minimum atomic E-state index is 0.334. The second-order valence-electron chi connectivity index (χ2n) is 1.92. The zero-order valence-corrected chi connectivity index (χ0v) is 4.99. The average Bonchev–Trinajstić information content (AvgIpc) is 2.34. The predicted molar refractivity (Wildman–Crippen MR) is 34.7 cm³/mol. The Hall–Kier alpha value is -1.15. The van der Waals surface area contributed by atoms with E-state index in [4.69, 9.17) is 5.53 Å². The molecule has 0 aromatic heterocycles. The number of azide groups is 1. The second-order valence-corrected chi connectivity index (χ2v) is 1.92. The molecule has 0 aliphatic carbocycles. The van der Waals surface area contributed by atoms with Crippen molar-refractivity contribution in [3.8, 4) is 0 Å². The van der Waals surface area contributed by atoms with Crippen molar-refractivity contribution in [2.24, 2.45) is 5.11 Å². The molecule has 1 rings (SSSR count). The lowest BCUT2D eigenvalue weighted by Crippen LogP contribution is -2.21. The standard InChI is InChI=1S/C5H8N4/c6-9-8-4-5-2-1-3-7-5/h1,3,5,7H,2,4H2/t5-/m0/s1. The normalized spacial score (nSPS) is 22.9. The minimum absolute atomic E-state index is 0.334. The maximum atomic E-state index is 7.94. The molecule has 0 radical (unpaired) electrons. The molecule has 48 valence electrons. The quantitative estimate of drug-likeness (QED) is 0.335. The number of nitrogens with zero attached hydrogens (tertiary/aromatic N) is 3. The smallest absolute Gasteiger partial charge is 0.0463 e. The van der Waals surface area contributed by atoms with Gasteiger partial charge < -0.3 is 5.32 Å². The van der Waals surface area contributed by atoms with Crippen molar-refractivity contribution in [2.45, 2.75) is 12.5 Å². The fourth-order valence-corrected chi connectivity index (χ4v) is 0.767. The third-order valence-electron chi connectivity index (χ3n) is 1.24. The van der Waals surface area contributed by atoms with Crippen molar-refractivity contribution in [1.82, 2.24) is 5.32 Å². The average molecular weight is 124 g/mol. The molecule has 1 atom stereocenters. The van der Waals surface area contributed by atoms with Gasteiger partial charge in [0.05, 0.1) is 0 Å². The first kappa shape index (κ1) is 5.98. The van der Waals surface area contributed by atoms with Gasteiger partial charge in [-0.3, -0.25) is 0 Å². The molecule has 0 aromatic carbocycles. The Balaban J connectivity index is 2.22. The summed E-state index contributed by atoms with van der Waals surface area (Å²) >= 11 is 0. The summed E-state index contributed by atoms with van der Waals surface area (Å²) in [5.74, 6) is 0. The van der Waals surface area contributed by atoms with Crippen molar-refractivity contribution < 1.29 is 0 Å². The highest BCUT2D eigenvalue weighted by molar-refractivity contribution is 4.95. The summed E-state index contributed by atoms with van der Waals surface area (Å²) < 4.78 is 0. The lowest BCUT2D eigenvalue weighted by atomic mass is 10.2. The van der Waals surface area contributed by atoms with E-state index >= 15 is 0 Å². The lowest BCUT2D eigenvalue weighted by molar-refractivity contribution is 0.636. The van der Waals surface area contributed by atoms with E-state index in [9.17, 15) is 0 Å². The molecular formula is C5H8N4. The fraction of sp³-hybridized carbons (Fsp3) is 0.600. The van der Waals surface area contributed by atoms with Gasteiger partial charge in [0.25, 0.3) is 0 Å². The SMILES string of the molecule is [N-]=[N+]=NC[C@@H]1CC=CN1. The number of nitrogens with one attached hydrogen (secondary N) is 1. The van der Waals surface area contributed by atoms with Crippen LogP contribution >= 0.6 is 0 Å². The Labute approximate surface area is 53.2 Å². The van der Waals surface area contributed by atoms with Crippen LogP contribution < -0.4 is 5.32 Å². The molecule has 4 heteroatoms. The van der Waals surface area contributed by atoms with E-state index in [0.717, 1.165) is 6.42 Å². The van der Waals surface area contributed by atoms with E-state index in [1.165, 1.54) is 0 Å². The maximum Gasteiger partial charge on any atom is 0.0463 e. The largest absolute Gasteiger partial charge is 0.388 e. The molecule has 0 saturated carbocycles. The van der Waals surface area contributed by atoms with E-state index in [1.807, 2.05) is 12.3 Å². The molecule has 0 fully saturated rings. The summed E-state index contributed by atoms with van der Waals surface area (Å²) in [4.78, 5) is 2.66. The summed E-state index contributed by atoms with van der Waals surface area (Å²) in [6, 6.07) is 0.334. The van der Waals surface area contributed by atoms with Gasteiger partial charge in [0.1, 0.15) is 0 Å². The van der Waals surface area contributed by atoms with Gasteiger partial charge in [-0.25, -0.2) is 0 Å². The third-order valence-corrected chi connectivity index (χ3v) is 1.24. The Bertz CT molecular complexity index is 148. The van der Waals surface area contributed by atoms with Crippen LogP contribution in [0.15, 0.2) is 17.4 Å². The van der Waals surface area contributed by atoms with Gasteiger partial charge in [-0.15, -0.1) is 0 Å². The lowest BCUT2D eigenvalue weighted by Gasteiger charge is -2.03. The van der Waals surface area contributed by atoms with Crippen LogP contribution in [0.3, 0.4) is 0 Å². The molecule has 0 bridgehead atoms. The molecule has 1 N–H and O–H groups in total. The number of hydrogen-bond donors (Lipinski definition) is 1. The Kier molecular flexibility index (Phi) is 1.99. The summed E-state index contributed by atoms with van der Waals surface area (Å²) in [5.41, 5.74) is 7.94. The second kappa shape index (κ2) is 2.99. The fourth-order valence-electron chi connectivity index (χ4n) is 0.767. The molecule has 9 heavy (non-hydrogen) atoms. The van der Waals surface area contributed by atoms with Crippen LogP contribution in [-0.2, 0) is 0 Å². The van der Waals surface area contributed by atoms with E-state index in [2.05, 4.69) is 15.3 Å². The van der Waals surface area contributed by atoms with Gasteiger partial charge in [0.15, 0.2) is 0 Å². The molecule has 1 heterocycles. The predicted octanol–water partition coefficient (Wildman–Crippen LogP) is 1.17. The molecule has 1 aliphatic heterocycles. The highest BCUT2D eigenvalue weighted by Gasteiger charge is 2.05. The van der Waals surface area contributed by atoms with Crippen LogP contribution in [0.1, 0.15) is 6.42 Å². The van der Waals surface area contributed by atoms with Gasteiger partial charge in [-0.05, 0) is 18.2 Å². The van der Waals surface area contributed by atoms with Gasteiger partial charge >= 0.3 is 0 Å². The monoisotopic (exact) mass is 124 g/mol. The molecular weight excluding hydrogens is 116 g/mol. The minimum Gasteiger partial charge on any atom is -0.388 e. The first-order valence-electron chi connectivity index (χ1n) is 2.85. The van der Waals surface area contributed by atoms with Crippen molar-refractivity contribution in [3.05, 3.63) is 22.7 Å². The van der Waals surface area contributed by atoms with Crippen LogP contribution in [0.4, 0.5) is 0 Å². The van der Waals surface area contributed by atoms with Crippen molar-refractivity contribution in [2.75, 3.05) is 6.54 Å². The van der Waals surface area contributed by atoms with Crippen molar-refractivity contribution in [3.63, 3.8) is 0 Å². The molecule has 4 nitrogen and oxygen atoms in total. The highest BCUT2D eigenvalue weighted by atomic mass is 15.1.